The fourth-order valence-corrected chi connectivity index (χ4v) is 3.54. The normalized spacial score (nSPS) is 11.2. The van der Waals surface area contributed by atoms with Gasteiger partial charge in [-0.25, -0.2) is 14.4 Å². The molecule has 0 aliphatic carbocycles. The molecule has 7 nitrogen and oxygen atoms in total. The van der Waals surface area contributed by atoms with Crippen LogP contribution in [0.25, 0.3) is 33.3 Å². The van der Waals surface area contributed by atoms with Crippen LogP contribution in [0.1, 0.15) is 5.56 Å². The maximum atomic E-state index is 14.1. The van der Waals surface area contributed by atoms with Gasteiger partial charge in [0, 0.05) is 38.7 Å². The summed E-state index contributed by atoms with van der Waals surface area (Å²) in [5.41, 5.74) is 4.11. The molecule has 142 valence electrons. The second kappa shape index (κ2) is 6.94. The lowest BCUT2D eigenvalue weighted by molar-refractivity contribution is 0.188. The molecule has 1 aromatic carbocycles. The molecule has 1 N–H and O–H groups in total. The number of aryl methyl sites for hydroxylation is 1. The molecule has 4 rings (SSSR count). The average Bonchev–Trinajstić information content (AvgIpc) is 3.25. The molecule has 0 bridgehead atoms. The molecule has 0 amide bonds. The Balaban J connectivity index is 2.09. The topological polar surface area (TPSA) is 80.7 Å². The smallest absolute Gasteiger partial charge is 0.156 e. The molecule has 0 aliphatic rings. The van der Waals surface area contributed by atoms with Gasteiger partial charge in [0.15, 0.2) is 5.82 Å². The molecule has 0 unspecified atom stereocenters. The zero-order chi connectivity index (χ0) is 19.8. The number of pyridine rings is 1. The van der Waals surface area contributed by atoms with E-state index in [1.165, 1.54) is 12.1 Å². The van der Waals surface area contributed by atoms with E-state index in [2.05, 4.69) is 10.3 Å². The summed E-state index contributed by atoms with van der Waals surface area (Å²) in [7, 11) is 5.36. The van der Waals surface area contributed by atoms with Gasteiger partial charge in [-0.3, -0.25) is 0 Å². The number of benzene rings is 1. The van der Waals surface area contributed by atoms with Crippen LogP contribution in [0.15, 0.2) is 30.6 Å². The maximum absolute atomic E-state index is 14.1. The summed E-state index contributed by atoms with van der Waals surface area (Å²) >= 11 is 0. The summed E-state index contributed by atoms with van der Waals surface area (Å²) in [6, 6.07) is 8.32. The summed E-state index contributed by atoms with van der Waals surface area (Å²) < 4.78 is 23.3. The van der Waals surface area contributed by atoms with Crippen molar-refractivity contribution in [3.8, 4) is 17.3 Å². The standard InChI is InChI=1S/C20H19FN6O/c1-23-19-17-18(26(2)11-24-17)15-9-16(27(4-5-28-3)20(15)25-19)13-6-12(10-22)7-14(21)8-13/h6-9,11H,4-5H2,1-3H3,(H,23,25). The lowest BCUT2D eigenvalue weighted by atomic mass is 10.1. The van der Waals surface area contributed by atoms with E-state index in [0.717, 1.165) is 27.8 Å². The quantitative estimate of drug-likeness (QED) is 0.576. The summed E-state index contributed by atoms with van der Waals surface area (Å²) in [4.78, 5) is 9.22. The molecule has 3 aromatic heterocycles. The van der Waals surface area contributed by atoms with E-state index in [9.17, 15) is 9.65 Å². The number of anilines is 1. The summed E-state index contributed by atoms with van der Waals surface area (Å²) in [5, 5.41) is 13.2. The van der Waals surface area contributed by atoms with Crippen LogP contribution < -0.4 is 5.32 Å². The third-order valence-corrected chi connectivity index (χ3v) is 4.78. The van der Waals surface area contributed by atoms with Crippen LogP contribution in [0.4, 0.5) is 10.2 Å². The van der Waals surface area contributed by atoms with Crippen LogP contribution in [0.2, 0.25) is 0 Å². The summed E-state index contributed by atoms with van der Waals surface area (Å²) in [6.45, 7) is 1.00. The first kappa shape index (κ1) is 17.9. The lowest BCUT2D eigenvalue weighted by Gasteiger charge is -2.11. The molecular formula is C20H19FN6O. The van der Waals surface area contributed by atoms with Crippen LogP contribution in [0.5, 0.6) is 0 Å². The number of rotatable bonds is 5. The number of nitrogens with zero attached hydrogens (tertiary/aromatic N) is 5. The van der Waals surface area contributed by atoms with Crippen molar-refractivity contribution >= 4 is 27.9 Å². The molecule has 0 fully saturated rings. The van der Waals surface area contributed by atoms with E-state index in [1.807, 2.05) is 28.3 Å². The number of methoxy groups -OCH3 is 1. The van der Waals surface area contributed by atoms with E-state index >= 15 is 0 Å². The molecule has 0 saturated heterocycles. The minimum atomic E-state index is -0.452. The van der Waals surface area contributed by atoms with E-state index in [4.69, 9.17) is 9.72 Å². The van der Waals surface area contributed by atoms with E-state index in [0.29, 0.717) is 24.5 Å². The number of hydrogen-bond donors (Lipinski definition) is 1. The number of fused-ring (bicyclic) bond motifs is 3. The highest BCUT2D eigenvalue weighted by Crippen LogP contribution is 2.34. The van der Waals surface area contributed by atoms with Crippen molar-refractivity contribution in [3.63, 3.8) is 0 Å². The van der Waals surface area contributed by atoms with Crippen LogP contribution in [-0.2, 0) is 18.3 Å². The third kappa shape index (κ3) is 2.77. The molecule has 0 spiro atoms. The van der Waals surface area contributed by atoms with Crippen LogP contribution >= 0.6 is 0 Å². The van der Waals surface area contributed by atoms with Crippen molar-refractivity contribution in [1.29, 1.82) is 5.26 Å². The van der Waals surface area contributed by atoms with Gasteiger partial charge in [0.05, 0.1) is 35.8 Å². The van der Waals surface area contributed by atoms with Crippen LogP contribution in [-0.4, -0.2) is 39.9 Å². The fraction of sp³-hybridized carbons (Fsp3) is 0.250. The predicted molar refractivity (Wildman–Crippen MR) is 106 cm³/mol. The monoisotopic (exact) mass is 378 g/mol. The van der Waals surface area contributed by atoms with Gasteiger partial charge in [0.25, 0.3) is 0 Å². The van der Waals surface area contributed by atoms with E-state index in [1.54, 1.807) is 26.6 Å². The Morgan fingerprint density at radius 2 is 2.11 bits per heavy atom. The Morgan fingerprint density at radius 3 is 2.82 bits per heavy atom. The third-order valence-electron chi connectivity index (χ3n) is 4.78. The van der Waals surface area contributed by atoms with Crippen molar-refractivity contribution in [3.05, 3.63) is 42.0 Å². The largest absolute Gasteiger partial charge is 0.383 e. The number of aromatic nitrogens is 4. The zero-order valence-electron chi connectivity index (χ0n) is 15.8. The Morgan fingerprint density at radius 1 is 1.29 bits per heavy atom. The number of nitriles is 1. The highest BCUT2D eigenvalue weighted by molar-refractivity contribution is 6.07. The van der Waals surface area contributed by atoms with Gasteiger partial charge < -0.3 is 19.2 Å². The SMILES string of the molecule is CNc1nc2c(cc(-c3cc(F)cc(C#N)c3)n2CCOC)c2c1ncn2C. The average molecular weight is 378 g/mol. The van der Waals surface area contributed by atoms with Crippen molar-refractivity contribution in [2.45, 2.75) is 6.54 Å². The Hall–Kier alpha value is -3.44. The predicted octanol–water partition coefficient (Wildman–Crippen LogP) is 3.29. The van der Waals surface area contributed by atoms with Crippen molar-refractivity contribution < 1.29 is 9.13 Å². The first-order valence-corrected chi connectivity index (χ1v) is 8.79. The van der Waals surface area contributed by atoms with Gasteiger partial charge in [-0.05, 0) is 24.3 Å². The number of ether oxygens (including phenoxy) is 1. The highest BCUT2D eigenvalue weighted by Gasteiger charge is 2.19. The summed E-state index contributed by atoms with van der Waals surface area (Å²) in [5.74, 6) is 0.218. The van der Waals surface area contributed by atoms with Crippen LogP contribution in [0, 0.1) is 17.1 Å². The van der Waals surface area contributed by atoms with Gasteiger partial charge in [-0.1, -0.05) is 0 Å². The number of nitrogens with one attached hydrogen (secondary N) is 1. The molecule has 3 heterocycles. The van der Waals surface area contributed by atoms with Crippen LogP contribution in [0.3, 0.4) is 0 Å². The first-order chi connectivity index (χ1) is 13.6. The van der Waals surface area contributed by atoms with Gasteiger partial charge in [-0.2, -0.15) is 5.26 Å². The Labute approximate surface area is 161 Å². The lowest BCUT2D eigenvalue weighted by Crippen LogP contribution is -2.07. The van der Waals surface area contributed by atoms with Gasteiger partial charge in [0.2, 0.25) is 0 Å². The molecule has 28 heavy (non-hydrogen) atoms. The second-order valence-electron chi connectivity index (χ2n) is 6.51. The molecule has 0 aliphatic heterocycles. The van der Waals surface area contributed by atoms with Crippen molar-refractivity contribution in [2.24, 2.45) is 7.05 Å². The molecule has 0 atom stereocenters. The molecule has 4 aromatic rings. The second-order valence-corrected chi connectivity index (χ2v) is 6.51. The maximum Gasteiger partial charge on any atom is 0.156 e. The molecule has 0 saturated carbocycles. The van der Waals surface area contributed by atoms with Gasteiger partial charge in [0.1, 0.15) is 17.0 Å². The minimum absolute atomic E-state index is 0.271. The molecule has 0 radical (unpaired) electrons. The highest BCUT2D eigenvalue weighted by atomic mass is 19.1. The zero-order valence-corrected chi connectivity index (χ0v) is 15.8. The van der Waals surface area contributed by atoms with Gasteiger partial charge in [-0.15, -0.1) is 0 Å². The number of hydrogen-bond acceptors (Lipinski definition) is 5. The van der Waals surface area contributed by atoms with Crippen molar-refractivity contribution in [1.82, 2.24) is 19.1 Å². The molecular weight excluding hydrogens is 359 g/mol. The van der Waals surface area contributed by atoms with Gasteiger partial charge >= 0.3 is 0 Å². The molecule has 8 heteroatoms. The minimum Gasteiger partial charge on any atom is -0.383 e. The Bertz CT molecular complexity index is 1230. The number of halogens is 1. The van der Waals surface area contributed by atoms with E-state index in [-0.39, 0.29) is 5.56 Å². The van der Waals surface area contributed by atoms with Crippen molar-refractivity contribution in [2.75, 3.05) is 26.1 Å². The fourth-order valence-electron chi connectivity index (χ4n) is 3.54. The Kier molecular flexibility index (Phi) is 4.45. The summed E-state index contributed by atoms with van der Waals surface area (Å²) in [6.07, 6.45) is 1.74. The van der Waals surface area contributed by atoms with E-state index < -0.39 is 5.82 Å². The first-order valence-electron chi connectivity index (χ1n) is 8.79. The number of imidazole rings is 1.